The fourth-order valence-electron chi connectivity index (χ4n) is 6.42. The third kappa shape index (κ3) is 4.70. The molecule has 0 bridgehead atoms. The van der Waals surface area contributed by atoms with Crippen molar-refractivity contribution in [2.24, 2.45) is 17.8 Å². The van der Waals surface area contributed by atoms with E-state index >= 15 is 0 Å². The maximum atomic E-state index is 13.8. The number of H-pyrrole nitrogens is 1. The van der Waals surface area contributed by atoms with Gasteiger partial charge in [0, 0.05) is 29.9 Å². The molecule has 5 rings (SSSR count). The average molecular weight is 527 g/mol. The van der Waals surface area contributed by atoms with Crippen molar-refractivity contribution in [2.75, 3.05) is 27.3 Å². The Bertz CT molecular complexity index is 1240. The van der Waals surface area contributed by atoms with E-state index in [1.807, 2.05) is 18.2 Å². The van der Waals surface area contributed by atoms with E-state index in [9.17, 15) is 24.3 Å². The van der Waals surface area contributed by atoms with Gasteiger partial charge in [-0.25, -0.2) is 4.79 Å². The summed E-state index contributed by atoms with van der Waals surface area (Å²) in [5, 5.41) is 17.0. The number of aromatic nitrogens is 1. The first-order valence-corrected chi connectivity index (χ1v) is 13.1. The van der Waals surface area contributed by atoms with Gasteiger partial charge >= 0.3 is 5.97 Å². The summed E-state index contributed by atoms with van der Waals surface area (Å²) < 4.78 is 10.1. The first kappa shape index (κ1) is 26.0. The van der Waals surface area contributed by atoms with E-state index in [0.29, 0.717) is 31.0 Å². The minimum atomic E-state index is -1.64. The van der Waals surface area contributed by atoms with Gasteiger partial charge < -0.3 is 35.1 Å². The number of esters is 1. The van der Waals surface area contributed by atoms with E-state index in [4.69, 9.17) is 9.47 Å². The maximum absolute atomic E-state index is 13.8. The van der Waals surface area contributed by atoms with Crippen LogP contribution < -0.4 is 15.4 Å². The molecule has 2 aromatic rings. The second-order valence-electron chi connectivity index (χ2n) is 10.5. The molecule has 1 aliphatic carbocycles. The number of nitrogens with one attached hydrogen (secondary N) is 3. The summed E-state index contributed by atoms with van der Waals surface area (Å²) in [6, 6.07) is 5.46. The minimum absolute atomic E-state index is 0.0245. The zero-order chi connectivity index (χ0) is 27.0. The second kappa shape index (κ2) is 10.6. The van der Waals surface area contributed by atoms with E-state index in [2.05, 4.69) is 15.6 Å². The molecule has 4 N–H and O–H groups in total. The van der Waals surface area contributed by atoms with Crippen LogP contribution in [-0.2, 0) is 19.1 Å². The van der Waals surface area contributed by atoms with Crippen molar-refractivity contribution in [1.82, 2.24) is 20.5 Å². The Balaban J connectivity index is 1.40. The number of carbonyl (C=O) groups is 4. The standard InChI is InChI=1S/C27H34N4O7/c1-37-21-8-4-7-18-17(21)12-20(29-18)26(35)31-13-15-5-3-6-16(15)22(31)25(34)30-19(23(32)27(36)38-2)11-14-9-10-28-24(14)33/h4,7-8,12,14-16,19,22-23,29,32H,3,5-6,9-11,13H2,1-2H3,(H,28,33)(H,30,34)/t14-,15-,16-,19-,22-,23?/m0/s1. The van der Waals surface area contributed by atoms with Crippen LogP contribution in [0.4, 0.5) is 0 Å². The van der Waals surface area contributed by atoms with E-state index in [-0.39, 0.29) is 30.1 Å². The van der Waals surface area contributed by atoms with Crippen LogP contribution in [0, 0.1) is 17.8 Å². The molecule has 6 atom stereocenters. The fraction of sp³-hybridized carbons (Fsp3) is 0.556. The van der Waals surface area contributed by atoms with Gasteiger partial charge in [-0.2, -0.15) is 0 Å². The highest BCUT2D eigenvalue weighted by Gasteiger charge is 2.50. The molecule has 0 spiro atoms. The quantitative estimate of drug-likeness (QED) is 0.374. The molecular weight excluding hydrogens is 492 g/mol. The molecule has 3 heterocycles. The molecule has 0 radical (unpaired) electrons. The van der Waals surface area contributed by atoms with Crippen LogP contribution in [0.25, 0.3) is 10.9 Å². The Hall–Kier alpha value is -3.60. The van der Waals surface area contributed by atoms with E-state index in [1.54, 1.807) is 18.1 Å². The molecule has 1 aromatic heterocycles. The van der Waals surface area contributed by atoms with Gasteiger partial charge in [-0.05, 0) is 55.7 Å². The summed E-state index contributed by atoms with van der Waals surface area (Å²) in [5.74, 6) is -1.43. The van der Waals surface area contributed by atoms with Gasteiger partial charge in [-0.15, -0.1) is 0 Å². The van der Waals surface area contributed by atoms with E-state index in [0.717, 1.165) is 37.3 Å². The van der Waals surface area contributed by atoms with Crippen molar-refractivity contribution in [3.05, 3.63) is 30.0 Å². The number of carbonyl (C=O) groups excluding carboxylic acids is 4. The molecule has 2 saturated heterocycles. The third-order valence-corrected chi connectivity index (χ3v) is 8.35. The molecule has 38 heavy (non-hydrogen) atoms. The van der Waals surface area contributed by atoms with Crippen LogP contribution >= 0.6 is 0 Å². The first-order chi connectivity index (χ1) is 18.3. The topological polar surface area (TPSA) is 150 Å². The molecule has 3 aliphatic rings. The Morgan fingerprint density at radius 1 is 1.21 bits per heavy atom. The third-order valence-electron chi connectivity index (χ3n) is 8.35. The zero-order valence-corrected chi connectivity index (χ0v) is 21.6. The molecule has 1 saturated carbocycles. The predicted molar refractivity (Wildman–Crippen MR) is 136 cm³/mol. The number of aromatic amines is 1. The van der Waals surface area contributed by atoms with Gasteiger partial charge in [0.15, 0.2) is 6.10 Å². The van der Waals surface area contributed by atoms with E-state index in [1.165, 1.54) is 0 Å². The number of nitrogens with zero attached hydrogens (tertiary/aromatic N) is 1. The van der Waals surface area contributed by atoms with Crippen LogP contribution in [0.3, 0.4) is 0 Å². The number of hydrogen-bond donors (Lipinski definition) is 4. The molecule has 11 heteroatoms. The van der Waals surface area contributed by atoms with Crippen LogP contribution in [0.1, 0.15) is 42.6 Å². The van der Waals surface area contributed by atoms with Gasteiger partial charge in [0.25, 0.3) is 5.91 Å². The number of aliphatic hydroxyl groups is 1. The van der Waals surface area contributed by atoms with Crippen LogP contribution in [0.2, 0.25) is 0 Å². The van der Waals surface area contributed by atoms with Crippen LogP contribution in [0.5, 0.6) is 5.75 Å². The lowest BCUT2D eigenvalue weighted by atomic mass is 9.91. The van der Waals surface area contributed by atoms with Crippen LogP contribution in [-0.4, -0.2) is 84.2 Å². The number of aliphatic hydroxyl groups excluding tert-OH is 1. The van der Waals surface area contributed by atoms with Crippen LogP contribution in [0.15, 0.2) is 24.3 Å². The van der Waals surface area contributed by atoms with Gasteiger partial charge in [0.05, 0.1) is 20.3 Å². The van der Waals surface area contributed by atoms with Gasteiger partial charge in [0.1, 0.15) is 17.5 Å². The Morgan fingerprint density at radius 3 is 2.74 bits per heavy atom. The second-order valence-corrected chi connectivity index (χ2v) is 10.5. The molecule has 204 valence electrons. The highest BCUT2D eigenvalue weighted by Crippen LogP contribution is 2.43. The Kier molecular flexibility index (Phi) is 7.29. The number of likely N-dealkylation sites (tertiary alicyclic amines) is 1. The molecule has 1 aromatic carbocycles. The minimum Gasteiger partial charge on any atom is -0.496 e. The monoisotopic (exact) mass is 526 g/mol. The molecule has 3 fully saturated rings. The normalized spacial score (nSPS) is 26.1. The lowest BCUT2D eigenvalue weighted by molar-refractivity contribution is -0.153. The largest absolute Gasteiger partial charge is 0.496 e. The zero-order valence-electron chi connectivity index (χ0n) is 21.6. The first-order valence-electron chi connectivity index (χ1n) is 13.1. The van der Waals surface area contributed by atoms with Gasteiger partial charge in [-0.3, -0.25) is 14.4 Å². The Labute approximate surface area is 220 Å². The van der Waals surface area contributed by atoms with Crippen molar-refractivity contribution in [2.45, 2.75) is 50.3 Å². The summed E-state index contributed by atoms with van der Waals surface area (Å²) in [5.41, 5.74) is 1.11. The summed E-state index contributed by atoms with van der Waals surface area (Å²) in [4.78, 5) is 56.7. The molecule has 11 nitrogen and oxygen atoms in total. The highest BCUT2D eigenvalue weighted by atomic mass is 16.5. The van der Waals surface area contributed by atoms with Crippen molar-refractivity contribution >= 4 is 34.6 Å². The molecular formula is C27H34N4O7. The molecule has 1 unspecified atom stereocenters. The number of rotatable bonds is 8. The molecule has 2 aliphatic heterocycles. The summed E-state index contributed by atoms with van der Waals surface area (Å²) in [6.07, 6.45) is 1.70. The van der Waals surface area contributed by atoms with Crippen molar-refractivity contribution in [1.29, 1.82) is 0 Å². The smallest absolute Gasteiger partial charge is 0.336 e. The van der Waals surface area contributed by atoms with Crippen molar-refractivity contribution in [3.63, 3.8) is 0 Å². The number of amides is 3. The predicted octanol–water partition coefficient (Wildman–Crippen LogP) is 0.962. The van der Waals surface area contributed by atoms with Crippen molar-refractivity contribution in [3.8, 4) is 5.75 Å². The van der Waals surface area contributed by atoms with Gasteiger partial charge in [-0.1, -0.05) is 12.5 Å². The number of fused-ring (bicyclic) bond motifs is 2. The number of hydrogen-bond acceptors (Lipinski definition) is 7. The summed E-state index contributed by atoms with van der Waals surface area (Å²) in [6.45, 7) is 0.950. The fourth-order valence-corrected chi connectivity index (χ4v) is 6.42. The number of benzene rings is 1. The van der Waals surface area contributed by atoms with Crippen molar-refractivity contribution < 1.29 is 33.8 Å². The number of methoxy groups -OCH3 is 2. The Morgan fingerprint density at radius 2 is 2.03 bits per heavy atom. The number of ether oxygens (including phenoxy) is 2. The summed E-state index contributed by atoms with van der Waals surface area (Å²) >= 11 is 0. The maximum Gasteiger partial charge on any atom is 0.336 e. The summed E-state index contributed by atoms with van der Waals surface area (Å²) in [7, 11) is 2.72. The lowest BCUT2D eigenvalue weighted by Gasteiger charge is -2.30. The van der Waals surface area contributed by atoms with E-state index < -0.39 is 36.0 Å². The van der Waals surface area contributed by atoms with Gasteiger partial charge in [0.2, 0.25) is 11.8 Å². The SMILES string of the molecule is COC(=O)C(O)[C@H](C[C@@H]1CCNC1=O)NC(=O)[C@@H]1[C@H]2CCC[C@H]2CN1C(=O)c1cc2c(OC)cccc2[nH]1. The molecule has 3 amide bonds. The average Bonchev–Trinajstić information content (AvgIpc) is 3.70. The lowest BCUT2D eigenvalue weighted by Crippen LogP contribution is -2.55. The highest BCUT2D eigenvalue weighted by molar-refractivity contribution is 6.02.